The van der Waals surface area contributed by atoms with Crippen molar-refractivity contribution in [2.24, 2.45) is 0 Å². The highest BCUT2D eigenvalue weighted by molar-refractivity contribution is 6.03. The quantitative estimate of drug-likeness (QED) is 0.672. The summed E-state index contributed by atoms with van der Waals surface area (Å²) in [7, 11) is 0. The van der Waals surface area contributed by atoms with Crippen molar-refractivity contribution in [3.63, 3.8) is 0 Å². The van der Waals surface area contributed by atoms with Crippen LogP contribution in [-0.4, -0.2) is 28.2 Å². The van der Waals surface area contributed by atoms with Gasteiger partial charge in [0.25, 0.3) is 5.91 Å². The lowest BCUT2D eigenvalue weighted by atomic mass is 10.2. The molecule has 1 aromatic rings. The third kappa shape index (κ3) is 1.82. The van der Waals surface area contributed by atoms with Crippen LogP contribution in [-0.2, 0) is 11.3 Å². The third-order valence-corrected chi connectivity index (χ3v) is 2.19. The number of rotatable bonds is 2. The van der Waals surface area contributed by atoms with Gasteiger partial charge in [0.2, 0.25) is 6.23 Å². The molecule has 0 aromatic heterocycles. The maximum absolute atomic E-state index is 11.3. The van der Waals surface area contributed by atoms with Gasteiger partial charge >= 0.3 is 6.03 Å². The lowest BCUT2D eigenvalue weighted by Crippen LogP contribution is -2.30. The lowest BCUT2D eigenvalue weighted by molar-refractivity contribution is -0.134. The van der Waals surface area contributed by atoms with Crippen LogP contribution in [0, 0.1) is 0 Å². The molecule has 2 rings (SSSR count). The van der Waals surface area contributed by atoms with E-state index in [1.807, 2.05) is 30.3 Å². The number of amides is 3. The van der Waals surface area contributed by atoms with Crippen molar-refractivity contribution < 1.29 is 14.7 Å². The Hall–Kier alpha value is -1.88. The Balaban J connectivity index is 2.13. The molecule has 0 aliphatic carbocycles. The number of nitrogens with zero attached hydrogens (tertiary/aromatic N) is 1. The summed E-state index contributed by atoms with van der Waals surface area (Å²) in [6, 6.07) is 8.56. The van der Waals surface area contributed by atoms with Crippen LogP contribution in [0.25, 0.3) is 0 Å². The summed E-state index contributed by atoms with van der Waals surface area (Å²) in [6.07, 6.45) is -1.40. The van der Waals surface area contributed by atoms with E-state index in [2.05, 4.69) is 5.32 Å². The second-order valence-electron chi connectivity index (χ2n) is 3.26. The highest BCUT2D eigenvalue weighted by Crippen LogP contribution is 2.10. The van der Waals surface area contributed by atoms with Crippen molar-refractivity contribution in [1.29, 1.82) is 0 Å². The van der Waals surface area contributed by atoms with E-state index in [1.165, 1.54) is 0 Å². The lowest BCUT2D eigenvalue weighted by Gasteiger charge is -2.11. The molecule has 1 atom stereocenters. The summed E-state index contributed by atoms with van der Waals surface area (Å²) in [5, 5.41) is 11.2. The molecule has 1 unspecified atom stereocenters. The minimum Gasteiger partial charge on any atom is -0.365 e. The van der Waals surface area contributed by atoms with Crippen molar-refractivity contribution in [2.75, 3.05) is 0 Å². The maximum atomic E-state index is 11.3. The summed E-state index contributed by atoms with van der Waals surface area (Å²) in [5.41, 5.74) is 0.843. The Kier molecular flexibility index (Phi) is 2.39. The molecule has 3 amide bonds. The van der Waals surface area contributed by atoms with Crippen LogP contribution in [0.15, 0.2) is 30.3 Å². The van der Waals surface area contributed by atoms with Crippen LogP contribution >= 0.6 is 0 Å². The van der Waals surface area contributed by atoms with E-state index >= 15 is 0 Å². The summed E-state index contributed by atoms with van der Waals surface area (Å²) >= 11 is 0. The Morgan fingerprint density at radius 1 is 1.27 bits per heavy atom. The van der Waals surface area contributed by atoms with Gasteiger partial charge in [-0.05, 0) is 5.56 Å². The van der Waals surface area contributed by atoms with E-state index < -0.39 is 18.2 Å². The van der Waals surface area contributed by atoms with Crippen molar-refractivity contribution in [2.45, 2.75) is 12.8 Å². The van der Waals surface area contributed by atoms with E-state index in [0.717, 1.165) is 10.5 Å². The zero-order chi connectivity index (χ0) is 10.8. The molecular formula is C10H10N2O3. The minimum atomic E-state index is -1.40. The first kappa shape index (κ1) is 9.67. The number of carbonyl (C=O) groups is 2. The molecule has 1 aromatic carbocycles. The third-order valence-electron chi connectivity index (χ3n) is 2.19. The summed E-state index contributed by atoms with van der Waals surface area (Å²) in [5.74, 6) is -0.608. The molecular weight excluding hydrogens is 196 g/mol. The number of hydrogen-bond donors (Lipinski definition) is 2. The van der Waals surface area contributed by atoms with Gasteiger partial charge in [0.05, 0.1) is 6.54 Å². The molecule has 2 N–H and O–H groups in total. The Morgan fingerprint density at radius 2 is 1.93 bits per heavy atom. The van der Waals surface area contributed by atoms with Gasteiger partial charge in [-0.15, -0.1) is 0 Å². The molecule has 1 fully saturated rings. The van der Waals surface area contributed by atoms with Crippen molar-refractivity contribution in [3.05, 3.63) is 35.9 Å². The average molecular weight is 206 g/mol. The topological polar surface area (TPSA) is 69.6 Å². The highest BCUT2D eigenvalue weighted by Gasteiger charge is 2.36. The smallest absolute Gasteiger partial charge is 0.326 e. The van der Waals surface area contributed by atoms with Gasteiger partial charge in [0.15, 0.2) is 0 Å². The fraction of sp³-hybridized carbons (Fsp3) is 0.200. The maximum Gasteiger partial charge on any atom is 0.326 e. The fourth-order valence-corrected chi connectivity index (χ4v) is 1.42. The molecule has 1 aliphatic rings. The number of aliphatic hydroxyl groups is 1. The van der Waals surface area contributed by atoms with E-state index in [9.17, 15) is 9.59 Å². The molecule has 15 heavy (non-hydrogen) atoms. The second-order valence-corrected chi connectivity index (χ2v) is 3.26. The monoisotopic (exact) mass is 206 g/mol. The van der Waals surface area contributed by atoms with Gasteiger partial charge in [-0.25, -0.2) is 4.79 Å². The van der Waals surface area contributed by atoms with E-state index in [1.54, 1.807) is 0 Å². The number of benzene rings is 1. The minimum absolute atomic E-state index is 0.183. The second kappa shape index (κ2) is 3.70. The van der Waals surface area contributed by atoms with Crippen LogP contribution < -0.4 is 5.32 Å². The largest absolute Gasteiger partial charge is 0.365 e. The number of imide groups is 1. The molecule has 1 saturated heterocycles. The van der Waals surface area contributed by atoms with Gasteiger partial charge in [0, 0.05) is 0 Å². The average Bonchev–Trinajstić information content (AvgIpc) is 2.47. The Labute approximate surface area is 86.3 Å². The van der Waals surface area contributed by atoms with Crippen molar-refractivity contribution in [1.82, 2.24) is 10.2 Å². The molecule has 0 spiro atoms. The normalized spacial score (nSPS) is 20.6. The Bertz CT molecular complexity index is 391. The number of urea groups is 1. The zero-order valence-corrected chi connectivity index (χ0v) is 7.88. The zero-order valence-electron chi connectivity index (χ0n) is 7.88. The van der Waals surface area contributed by atoms with Gasteiger partial charge in [-0.3, -0.25) is 9.69 Å². The molecule has 0 saturated carbocycles. The Morgan fingerprint density at radius 3 is 2.47 bits per heavy atom. The summed E-state index contributed by atoms with van der Waals surface area (Å²) in [6.45, 7) is 0.183. The van der Waals surface area contributed by atoms with Crippen LogP contribution in [0.1, 0.15) is 5.56 Å². The predicted molar refractivity (Wildman–Crippen MR) is 51.5 cm³/mol. The van der Waals surface area contributed by atoms with Crippen molar-refractivity contribution in [3.8, 4) is 0 Å². The molecule has 5 heteroatoms. The first-order valence-corrected chi connectivity index (χ1v) is 4.52. The van der Waals surface area contributed by atoms with E-state index in [0.29, 0.717) is 0 Å². The number of carbonyl (C=O) groups excluding carboxylic acids is 2. The molecule has 78 valence electrons. The van der Waals surface area contributed by atoms with E-state index in [4.69, 9.17) is 5.11 Å². The standard InChI is InChI=1S/C10H10N2O3/c13-8-9(14)12(10(15)11-8)6-7-4-2-1-3-5-7/h1-5,8,13H,6H2,(H,11,15). The van der Waals surface area contributed by atoms with Crippen LogP contribution in [0.3, 0.4) is 0 Å². The first-order chi connectivity index (χ1) is 7.18. The molecule has 0 bridgehead atoms. The number of aliphatic hydroxyl groups excluding tert-OH is 1. The predicted octanol–water partition coefficient (Wildman–Crippen LogP) is 0.0568. The molecule has 1 heterocycles. The van der Waals surface area contributed by atoms with Crippen LogP contribution in [0.2, 0.25) is 0 Å². The summed E-state index contributed by atoms with van der Waals surface area (Å²) < 4.78 is 0. The molecule has 0 radical (unpaired) electrons. The van der Waals surface area contributed by atoms with Crippen molar-refractivity contribution >= 4 is 11.9 Å². The van der Waals surface area contributed by atoms with Gasteiger partial charge in [-0.1, -0.05) is 30.3 Å². The fourth-order valence-electron chi connectivity index (χ4n) is 1.42. The van der Waals surface area contributed by atoms with E-state index in [-0.39, 0.29) is 6.54 Å². The SMILES string of the molecule is O=C1NC(O)C(=O)N1Cc1ccccc1. The molecule has 5 nitrogen and oxygen atoms in total. The van der Waals surface area contributed by atoms with Crippen LogP contribution in [0.5, 0.6) is 0 Å². The highest BCUT2D eigenvalue weighted by atomic mass is 16.3. The van der Waals surface area contributed by atoms with Gasteiger partial charge in [-0.2, -0.15) is 0 Å². The van der Waals surface area contributed by atoms with Crippen LogP contribution in [0.4, 0.5) is 4.79 Å². The van der Waals surface area contributed by atoms with Gasteiger partial charge in [0.1, 0.15) is 0 Å². The number of nitrogens with one attached hydrogen (secondary N) is 1. The number of hydrogen-bond acceptors (Lipinski definition) is 3. The molecule has 1 aliphatic heterocycles. The first-order valence-electron chi connectivity index (χ1n) is 4.52. The van der Waals surface area contributed by atoms with Gasteiger partial charge < -0.3 is 10.4 Å². The summed E-state index contributed by atoms with van der Waals surface area (Å²) in [4.78, 5) is 23.5.